The van der Waals surface area contributed by atoms with E-state index in [-0.39, 0.29) is 0 Å². The van der Waals surface area contributed by atoms with Crippen LogP contribution >= 0.6 is 0 Å². The fourth-order valence-electron chi connectivity index (χ4n) is 3.59. The standard InChI is InChI=1S/C15H21N/c1-16-10-9-15-13(11-16)7-4-6-12-5-2-3-8-14(12)15/h2-3,5,8,13,15H,4,6-7,9-11H2,1H3/t13-,15-/m0/s1. The molecule has 2 atom stereocenters. The van der Waals surface area contributed by atoms with Crippen molar-refractivity contribution in [1.29, 1.82) is 0 Å². The van der Waals surface area contributed by atoms with E-state index in [2.05, 4.69) is 36.2 Å². The van der Waals surface area contributed by atoms with Gasteiger partial charge < -0.3 is 4.90 Å². The summed E-state index contributed by atoms with van der Waals surface area (Å²) in [4.78, 5) is 2.51. The Hall–Kier alpha value is -0.820. The second-order valence-corrected chi connectivity index (χ2v) is 5.51. The highest BCUT2D eigenvalue weighted by Crippen LogP contribution is 2.39. The van der Waals surface area contributed by atoms with Crippen LogP contribution in [-0.2, 0) is 6.42 Å². The number of hydrogen-bond donors (Lipinski definition) is 0. The van der Waals surface area contributed by atoms with Crippen molar-refractivity contribution in [2.24, 2.45) is 5.92 Å². The molecule has 1 aliphatic carbocycles. The van der Waals surface area contributed by atoms with Gasteiger partial charge in [0.25, 0.3) is 0 Å². The lowest BCUT2D eigenvalue weighted by molar-refractivity contribution is 0.177. The second kappa shape index (κ2) is 4.21. The summed E-state index contributed by atoms with van der Waals surface area (Å²) in [6.45, 7) is 2.58. The van der Waals surface area contributed by atoms with Crippen LogP contribution in [0.3, 0.4) is 0 Å². The predicted molar refractivity (Wildman–Crippen MR) is 67.7 cm³/mol. The molecule has 1 aromatic carbocycles. The summed E-state index contributed by atoms with van der Waals surface area (Å²) >= 11 is 0. The van der Waals surface area contributed by atoms with Gasteiger partial charge in [-0.3, -0.25) is 0 Å². The van der Waals surface area contributed by atoms with Crippen molar-refractivity contribution in [3.8, 4) is 0 Å². The number of rotatable bonds is 0. The number of aryl methyl sites for hydroxylation is 1. The summed E-state index contributed by atoms with van der Waals surface area (Å²) in [5.41, 5.74) is 3.29. The first-order valence-corrected chi connectivity index (χ1v) is 6.61. The Morgan fingerprint density at radius 3 is 3.00 bits per heavy atom. The molecular formula is C15H21N. The van der Waals surface area contributed by atoms with E-state index < -0.39 is 0 Å². The quantitative estimate of drug-likeness (QED) is 0.643. The van der Waals surface area contributed by atoms with E-state index >= 15 is 0 Å². The average Bonchev–Trinajstić information content (AvgIpc) is 2.47. The fourth-order valence-corrected chi connectivity index (χ4v) is 3.59. The van der Waals surface area contributed by atoms with Gasteiger partial charge >= 0.3 is 0 Å². The maximum absolute atomic E-state index is 2.51. The highest BCUT2D eigenvalue weighted by molar-refractivity contribution is 5.32. The zero-order valence-corrected chi connectivity index (χ0v) is 10.2. The fraction of sp³-hybridized carbons (Fsp3) is 0.600. The van der Waals surface area contributed by atoms with E-state index in [1.54, 1.807) is 11.1 Å². The van der Waals surface area contributed by atoms with Crippen LogP contribution in [0, 0.1) is 5.92 Å². The zero-order chi connectivity index (χ0) is 11.0. The highest BCUT2D eigenvalue weighted by Gasteiger charge is 2.31. The van der Waals surface area contributed by atoms with Gasteiger partial charge in [0.1, 0.15) is 0 Å². The van der Waals surface area contributed by atoms with Crippen LogP contribution in [0.5, 0.6) is 0 Å². The molecule has 1 heteroatoms. The van der Waals surface area contributed by atoms with Crippen LogP contribution in [0.15, 0.2) is 24.3 Å². The number of benzene rings is 1. The molecule has 0 aromatic heterocycles. The maximum Gasteiger partial charge on any atom is 0.00125 e. The lowest BCUT2D eigenvalue weighted by Gasteiger charge is -2.36. The molecule has 3 rings (SSSR count). The van der Waals surface area contributed by atoms with Crippen molar-refractivity contribution in [2.75, 3.05) is 20.1 Å². The van der Waals surface area contributed by atoms with Crippen LogP contribution in [0.1, 0.15) is 36.3 Å². The van der Waals surface area contributed by atoms with E-state index in [4.69, 9.17) is 0 Å². The van der Waals surface area contributed by atoms with Crippen molar-refractivity contribution in [2.45, 2.75) is 31.6 Å². The molecule has 1 fully saturated rings. The molecule has 0 radical (unpaired) electrons. The lowest BCUT2D eigenvalue weighted by Crippen LogP contribution is -2.36. The van der Waals surface area contributed by atoms with E-state index in [1.807, 2.05) is 0 Å². The number of nitrogens with zero attached hydrogens (tertiary/aromatic N) is 1. The van der Waals surface area contributed by atoms with Crippen molar-refractivity contribution in [3.05, 3.63) is 35.4 Å². The Morgan fingerprint density at radius 2 is 2.06 bits per heavy atom. The van der Waals surface area contributed by atoms with Gasteiger partial charge in [-0.2, -0.15) is 0 Å². The van der Waals surface area contributed by atoms with E-state index in [0.29, 0.717) is 0 Å². The summed E-state index contributed by atoms with van der Waals surface area (Å²) in [6, 6.07) is 9.15. The SMILES string of the molecule is CN1CC[C@@H]2c3ccccc3CCC[C@H]2C1. The molecule has 0 N–H and O–H groups in total. The molecule has 0 unspecified atom stereocenters. The predicted octanol–water partition coefficient (Wildman–Crippen LogP) is 3.06. The first-order chi connectivity index (χ1) is 7.84. The third kappa shape index (κ3) is 1.78. The van der Waals surface area contributed by atoms with Crippen molar-refractivity contribution < 1.29 is 0 Å². The summed E-state index contributed by atoms with van der Waals surface area (Å²) < 4.78 is 0. The second-order valence-electron chi connectivity index (χ2n) is 5.51. The molecule has 1 aliphatic heterocycles. The third-order valence-electron chi connectivity index (χ3n) is 4.41. The molecular weight excluding hydrogens is 194 g/mol. The molecule has 0 saturated carbocycles. The molecule has 1 saturated heterocycles. The van der Waals surface area contributed by atoms with Gasteiger partial charge in [-0.05, 0) is 62.2 Å². The smallest absolute Gasteiger partial charge is 0.00125 e. The molecule has 86 valence electrons. The van der Waals surface area contributed by atoms with E-state index in [0.717, 1.165) is 11.8 Å². The number of piperidine rings is 1. The molecule has 0 amide bonds. The Bertz CT molecular complexity index is 371. The first-order valence-electron chi connectivity index (χ1n) is 6.61. The van der Waals surface area contributed by atoms with Crippen LogP contribution in [0.25, 0.3) is 0 Å². The van der Waals surface area contributed by atoms with Crippen LogP contribution in [0.4, 0.5) is 0 Å². The topological polar surface area (TPSA) is 3.24 Å². The molecule has 0 spiro atoms. The Labute approximate surface area is 98.5 Å². The zero-order valence-electron chi connectivity index (χ0n) is 10.2. The van der Waals surface area contributed by atoms with Gasteiger partial charge in [-0.15, -0.1) is 0 Å². The monoisotopic (exact) mass is 215 g/mol. The minimum absolute atomic E-state index is 0.842. The Balaban J connectivity index is 1.95. The van der Waals surface area contributed by atoms with E-state index in [1.165, 1.54) is 38.8 Å². The lowest BCUT2D eigenvalue weighted by atomic mass is 9.79. The molecule has 1 aromatic rings. The van der Waals surface area contributed by atoms with Crippen molar-refractivity contribution >= 4 is 0 Å². The van der Waals surface area contributed by atoms with Crippen molar-refractivity contribution in [3.63, 3.8) is 0 Å². The van der Waals surface area contributed by atoms with Gasteiger partial charge in [0, 0.05) is 6.54 Å². The van der Waals surface area contributed by atoms with Crippen molar-refractivity contribution in [1.82, 2.24) is 4.90 Å². The van der Waals surface area contributed by atoms with Crippen LogP contribution < -0.4 is 0 Å². The van der Waals surface area contributed by atoms with Gasteiger partial charge in [-0.1, -0.05) is 24.3 Å². The molecule has 16 heavy (non-hydrogen) atoms. The Kier molecular flexibility index (Phi) is 2.72. The summed E-state index contributed by atoms with van der Waals surface area (Å²) in [5, 5.41) is 0. The largest absolute Gasteiger partial charge is 0.306 e. The number of likely N-dealkylation sites (tertiary alicyclic amines) is 1. The van der Waals surface area contributed by atoms with E-state index in [9.17, 15) is 0 Å². The first kappa shape index (κ1) is 10.3. The average molecular weight is 215 g/mol. The minimum Gasteiger partial charge on any atom is -0.306 e. The van der Waals surface area contributed by atoms with Gasteiger partial charge in [0.05, 0.1) is 0 Å². The molecule has 1 nitrogen and oxygen atoms in total. The summed E-state index contributed by atoms with van der Waals surface area (Å²) in [6.07, 6.45) is 5.46. The van der Waals surface area contributed by atoms with Crippen LogP contribution in [-0.4, -0.2) is 25.0 Å². The number of fused-ring (bicyclic) bond motifs is 3. The van der Waals surface area contributed by atoms with Crippen LogP contribution in [0.2, 0.25) is 0 Å². The Morgan fingerprint density at radius 1 is 1.19 bits per heavy atom. The number of hydrogen-bond acceptors (Lipinski definition) is 1. The minimum atomic E-state index is 0.842. The van der Waals surface area contributed by atoms with Gasteiger partial charge in [0.2, 0.25) is 0 Å². The molecule has 0 bridgehead atoms. The highest BCUT2D eigenvalue weighted by atomic mass is 15.1. The van der Waals surface area contributed by atoms with Gasteiger partial charge in [0.15, 0.2) is 0 Å². The van der Waals surface area contributed by atoms with Gasteiger partial charge in [-0.25, -0.2) is 0 Å². The maximum atomic E-state index is 2.51. The normalized spacial score (nSPS) is 30.3. The summed E-state index contributed by atoms with van der Waals surface area (Å²) in [7, 11) is 2.27. The third-order valence-corrected chi connectivity index (χ3v) is 4.41. The molecule has 1 heterocycles. The molecule has 2 aliphatic rings. The summed E-state index contributed by atoms with van der Waals surface area (Å²) in [5.74, 6) is 1.75.